The topological polar surface area (TPSA) is 9.86 Å². The smallest absolute Gasteiger partial charge is 0.0449 e. The molecule has 4 aromatic heterocycles. The van der Waals surface area contributed by atoms with E-state index >= 15 is 0 Å². The van der Waals surface area contributed by atoms with Crippen molar-refractivity contribution in [3.63, 3.8) is 0 Å². The van der Waals surface area contributed by atoms with Gasteiger partial charge >= 0.3 is 0 Å². The van der Waals surface area contributed by atoms with E-state index in [1.54, 1.807) is 0 Å². The summed E-state index contributed by atoms with van der Waals surface area (Å²) in [7, 11) is 0. The van der Waals surface area contributed by atoms with Crippen LogP contribution in [-0.2, 0) is 0 Å². The summed E-state index contributed by atoms with van der Waals surface area (Å²) in [5.74, 6) is 0. The van der Waals surface area contributed by atoms with Gasteiger partial charge in [-0.25, -0.2) is 0 Å². The molecule has 0 aliphatic carbocycles. The minimum atomic E-state index is 1.18. The summed E-state index contributed by atoms with van der Waals surface area (Å²) >= 11 is 3.70. The molecule has 0 fully saturated rings. The van der Waals surface area contributed by atoms with Crippen molar-refractivity contribution < 1.29 is 0 Å². The maximum atomic E-state index is 2.24. The second-order valence-corrected chi connectivity index (χ2v) is 9.77. The number of thiophene rings is 2. The Morgan fingerprint density at radius 1 is 0.375 bits per heavy atom. The van der Waals surface area contributed by atoms with E-state index in [1.165, 1.54) is 42.0 Å². The minimum absolute atomic E-state index is 1.18. The van der Waals surface area contributed by atoms with Gasteiger partial charge < -0.3 is 9.13 Å². The van der Waals surface area contributed by atoms with Crippen LogP contribution in [0, 0.1) is 0 Å². The number of aromatic nitrogens is 2. The van der Waals surface area contributed by atoms with Gasteiger partial charge in [-0.2, -0.15) is 0 Å². The third-order valence-electron chi connectivity index (χ3n) is 5.56. The molecule has 2 aromatic carbocycles. The monoisotopic (exact) mass is 448 g/mol. The molecule has 154 valence electrons. The third-order valence-corrected chi connectivity index (χ3v) is 8.03. The SMILES string of the molecule is c1ccn(-c2ccc(-c3ccc(-c4ccc(-c5ccc(-n6cccc6)cc5)s4)s3)cc2)c1. The molecule has 0 saturated carbocycles. The maximum Gasteiger partial charge on any atom is 0.0449 e. The summed E-state index contributed by atoms with van der Waals surface area (Å²) in [5, 5.41) is 0. The predicted molar refractivity (Wildman–Crippen MR) is 137 cm³/mol. The summed E-state index contributed by atoms with van der Waals surface area (Å²) in [5.41, 5.74) is 4.88. The van der Waals surface area contributed by atoms with E-state index in [2.05, 4.69) is 107 Å². The number of nitrogens with zero attached hydrogens (tertiary/aromatic N) is 2. The first-order valence-corrected chi connectivity index (χ1v) is 12.1. The Bertz CT molecular complexity index is 1320. The molecule has 32 heavy (non-hydrogen) atoms. The van der Waals surface area contributed by atoms with E-state index in [1.807, 2.05) is 46.9 Å². The van der Waals surface area contributed by atoms with Crippen LogP contribution in [0.1, 0.15) is 0 Å². The summed E-state index contributed by atoms with van der Waals surface area (Å²) < 4.78 is 4.25. The second kappa shape index (κ2) is 8.15. The van der Waals surface area contributed by atoms with Crippen molar-refractivity contribution >= 4 is 22.7 Å². The molecule has 4 heterocycles. The van der Waals surface area contributed by atoms with Crippen molar-refractivity contribution in [2.45, 2.75) is 0 Å². The van der Waals surface area contributed by atoms with Gasteiger partial charge in [-0.05, 0) is 83.9 Å². The zero-order valence-electron chi connectivity index (χ0n) is 17.3. The summed E-state index contributed by atoms with van der Waals surface area (Å²) in [4.78, 5) is 5.22. The fourth-order valence-corrected chi connectivity index (χ4v) is 5.97. The summed E-state index contributed by atoms with van der Waals surface area (Å²) in [6.45, 7) is 0. The van der Waals surface area contributed by atoms with E-state index in [9.17, 15) is 0 Å². The molecule has 0 aliphatic heterocycles. The molecule has 0 radical (unpaired) electrons. The van der Waals surface area contributed by atoms with E-state index in [-0.39, 0.29) is 0 Å². The predicted octanol–water partition coefficient (Wildman–Crippen LogP) is 8.39. The molecule has 2 nitrogen and oxygen atoms in total. The Balaban J connectivity index is 1.22. The molecule has 0 bridgehead atoms. The lowest BCUT2D eigenvalue weighted by atomic mass is 10.1. The highest BCUT2D eigenvalue weighted by Crippen LogP contribution is 2.40. The normalized spacial score (nSPS) is 11.1. The van der Waals surface area contributed by atoms with Crippen molar-refractivity contribution in [3.05, 3.63) is 122 Å². The van der Waals surface area contributed by atoms with Crippen molar-refractivity contribution in [2.24, 2.45) is 0 Å². The highest BCUT2D eigenvalue weighted by atomic mass is 32.1. The standard InChI is InChI=1S/C28H20N2S2/c1-2-18-29(17-1)23-9-5-21(6-10-23)25-13-15-27(31-25)28-16-14-26(32-28)22-7-11-24(12-8-22)30-19-3-4-20-30/h1-20H. The molecule has 0 amide bonds. The van der Waals surface area contributed by atoms with Gasteiger partial charge in [-0.3, -0.25) is 0 Å². The molecule has 0 atom stereocenters. The van der Waals surface area contributed by atoms with Crippen molar-refractivity contribution in [2.75, 3.05) is 0 Å². The van der Waals surface area contributed by atoms with E-state index in [0.29, 0.717) is 0 Å². The van der Waals surface area contributed by atoms with Gasteiger partial charge in [0.2, 0.25) is 0 Å². The maximum absolute atomic E-state index is 2.24. The van der Waals surface area contributed by atoms with Crippen LogP contribution in [0.4, 0.5) is 0 Å². The highest BCUT2D eigenvalue weighted by Gasteiger charge is 2.09. The van der Waals surface area contributed by atoms with Crippen LogP contribution in [0.3, 0.4) is 0 Å². The van der Waals surface area contributed by atoms with Crippen molar-refractivity contribution in [1.82, 2.24) is 9.13 Å². The molecule has 0 spiro atoms. The first-order chi connectivity index (χ1) is 15.8. The lowest BCUT2D eigenvalue weighted by Crippen LogP contribution is -1.88. The molecule has 0 aliphatic rings. The zero-order chi connectivity index (χ0) is 21.3. The van der Waals surface area contributed by atoms with E-state index < -0.39 is 0 Å². The second-order valence-electron chi connectivity index (χ2n) is 7.60. The lowest BCUT2D eigenvalue weighted by Gasteiger charge is -2.04. The number of hydrogen-bond acceptors (Lipinski definition) is 2. The van der Waals surface area contributed by atoms with Gasteiger partial charge in [0, 0.05) is 55.7 Å². The fourth-order valence-electron chi connectivity index (χ4n) is 3.86. The molecule has 6 aromatic rings. The molecule has 6 rings (SSSR count). The van der Waals surface area contributed by atoms with E-state index in [0.717, 1.165) is 0 Å². The van der Waals surface area contributed by atoms with Gasteiger partial charge in [0.25, 0.3) is 0 Å². The van der Waals surface area contributed by atoms with E-state index in [4.69, 9.17) is 0 Å². The van der Waals surface area contributed by atoms with Gasteiger partial charge in [-0.1, -0.05) is 24.3 Å². The van der Waals surface area contributed by atoms with Crippen LogP contribution < -0.4 is 0 Å². The lowest BCUT2D eigenvalue weighted by molar-refractivity contribution is 1.08. The average molecular weight is 449 g/mol. The van der Waals surface area contributed by atoms with Crippen LogP contribution >= 0.6 is 22.7 Å². The Morgan fingerprint density at radius 3 is 1.09 bits per heavy atom. The van der Waals surface area contributed by atoms with Crippen LogP contribution in [0.5, 0.6) is 0 Å². The third kappa shape index (κ3) is 3.64. The van der Waals surface area contributed by atoms with Crippen molar-refractivity contribution in [1.29, 1.82) is 0 Å². The Morgan fingerprint density at radius 2 is 0.719 bits per heavy atom. The van der Waals surface area contributed by atoms with Crippen molar-refractivity contribution in [3.8, 4) is 42.0 Å². The van der Waals surface area contributed by atoms with Crippen LogP contribution in [0.15, 0.2) is 122 Å². The molecular formula is C28H20N2S2. The Kier molecular flexibility index (Phi) is 4.87. The van der Waals surface area contributed by atoms with Gasteiger partial charge in [0.1, 0.15) is 0 Å². The number of hydrogen-bond donors (Lipinski definition) is 0. The Labute approximate surface area is 195 Å². The molecule has 4 heteroatoms. The largest absolute Gasteiger partial charge is 0.324 e. The first kappa shape index (κ1) is 19.1. The zero-order valence-corrected chi connectivity index (χ0v) is 18.9. The quantitative estimate of drug-likeness (QED) is 0.251. The van der Waals surface area contributed by atoms with Gasteiger partial charge in [-0.15, -0.1) is 22.7 Å². The average Bonchev–Trinajstić information content (AvgIpc) is 3.66. The minimum Gasteiger partial charge on any atom is -0.324 e. The Hall–Kier alpha value is -3.60. The van der Waals surface area contributed by atoms with Gasteiger partial charge in [0.15, 0.2) is 0 Å². The molecule has 0 unspecified atom stereocenters. The van der Waals surface area contributed by atoms with Crippen LogP contribution in [-0.4, -0.2) is 9.13 Å². The summed E-state index contributed by atoms with van der Waals surface area (Å²) in [6.07, 6.45) is 8.28. The molecular weight excluding hydrogens is 428 g/mol. The first-order valence-electron chi connectivity index (χ1n) is 10.5. The summed E-state index contributed by atoms with van der Waals surface area (Å²) in [6, 6.07) is 34.7. The molecule has 0 saturated heterocycles. The highest BCUT2D eigenvalue weighted by molar-refractivity contribution is 7.25. The number of benzene rings is 2. The number of rotatable bonds is 5. The fraction of sp³-hybridized carbons (Fsp3) is 0. The van der Waals surface area contributed by atoms with Crippen LogP contribution in [0.2, 0.25) is 0 Å². The van der Waals surface area contributed by atoms with Gasteiger partial charge in [0.05, 0.1) is 0 Å². The molecule has 0 N–H and O–H groups in total. The van der Waals surface area contributed by atoms with Crippen LogP contribution in [0.25, 0.3) is 42.0 Å².